The van der Waals surface area contributed by atoms with E-state index < -0.39 is 26.8 Å². The van der Waals surface area contributed by atoms with E-state index >= 15 is 0 Å². The minimum atomic E-state index is -4.03. The van der Waals surface area contributed by atoms with Crippen molar-refractivity contribution in [2.45, 2.75) is 17.9 Å². The topological polar surface area (TPSA) is 85.1 Å². The predicted octanol–water partition coefficient (Wildman–Crippen LogP) is 2.67. The van der Waals surface area contributed by atoms with Gasteiger partial charge in [0, 0.05) is 17.3 Å². The Balaban J connectivity index is 2.36. The van der Waals surface area contributed by atoms with Crippen LogP contribution in [0.4, 0.5) is 10.1 Å². The lowest BCUT2D eigenvalue weighted by Crippen LogP contribution is -2.27. The Morgan fingerprint density at radius 3 is 2.80 bits per heavy atom. The first-order valence-corrected chi connectivity index (χ1v) is 8.63. The number of nitrogen functional groups attached to an aromatic ring is 1. The molecule has 20 heavy (non-hydrogen) atoms. The predicted molar refractivity (Wildman–Crippen MR) is 79.4 cm³/mol. The van der Waals surface area contributed by atoms with Crippen molar-refractivity contribution in [3.05, 3.63) is 39.0 Å². The lowest BCUT2D eigenvalue weighted by molar-refractivity contribution is 0.544. The van der Waals surface area contributed by atoms with Crippen LogP contribution in [-0.4, -0.2) is 13.4 Å². The maximum atomic E-state index is 13.9. The van der Waals surface area contributed by atoms with Crippen LogP contribution in [0, 0.1) is 5.82 Å². The molecule has 0 fully saturated rings. The Bertz CT molecular complexity index is 720. The second-order valence-corrected chi connectivity index (χ2v) is 7.49. The van der Waals surface area contributed by atoms with Crippen molar-refractivity contribution >= 4 is 43.0 Å². The summed E-state index contributed by atoms with van der Waals surface area (Å²) >= 11 is 4.25. The molecule has 5 nitrogen and oxygen atoms in total. The number of nitrogens with one attached hydrogen (secondary N) is 1. The monoisotopic (exact) mass is 379 g/mol. The summed E-state index contributed by atoms with van der Waals surface area (Å²) in [5.74, 6) is -0.877. The molecule has 0 bridgehead atoms. The van der Waals surface area contributed by atoms with E-state index in [2.05, 4.69) is 25.6 Å². The molecule has 0 spiro atoms. The molecule has 1 aromatic heterocycles. The van der Waals surface area contributed by atoms with Crippen molar-refractivity contribution in [2.75, 3.05) is 5.73 Å². The van der Waals surface area contributed by atoms with E-state index in [4.69, 9.17) is 5.73 Å². The summed E-state index contributed by atoms with van der Waals surface area (Å²) in [6, 6.07) is 1.83. The SMILES string of the molecule is CC(NS(=O)(=O)c1cc(N)cc(Br)c1F)c1nccs1. The highest BCUT2D eigenvalue weighted by Gasteiger charge is 2.24. The Morgan fingerprint density at radius 2 is 2.20 bits per heavy atom. The molecule has 9 heteroatoms. The first-order valence-electron chi connectivity index (χ1n) is 5.47. The third-order valence-electron chi connectivity index (χ3n) is 2.46. The highest BCUT2D eigenvalue weighted by molar-refractivity contribution is 9.10. The fourth-order valence-electron chi connectivity index (χ4n) is 1.57. The van der Waals surface area contributed by atoms with Crippen LogP contribution in [-0.2, 0) is 10.0 Å². The largest absolute Gasteiger partial charge is 0.399 e. The molecular weight excluding hydrogens is 369 g/mol. The van der Waals surface area contributed by atoms with Gasteiger partial charge in [0.1, 0.15) is 9.90 Å². The number of sulfonamides is 1. The smallest absolute Gasteiger partial charge is 0.244 e. The van der Waals surface area contributed by atoms with E-state index in [9.17, 15) is 12.8 Å². The number of benzene rings is 1. The number of anilines is 1. The minimum Gasteiger partial charge on any atom is -0.399 e. The second kappa shape index (κ2) is 5.76. The molecule has 1 aromatic carbocycles. The van der Waals surface area contributed by atoms with Crippen LogP contribution in [0.1, 0.15) is 18.0 Å². The Labute approximate surface area is 128 Å². The van der Waals surface area contributed by atoms with Crippen LogP contribution in [0.25, 0.3) is 0 Å². The molecule has 0 aliphatic heterocycles. The number of halogens is 2. The van der Waals surface area contributed by atoms with Crippen LogP contribution >= 0.6 is 27.3 Å². The zero-order valence-electron chi connectivity index (χ0n) is 10.3. The van der Waals surface area contributed by atoms with Crippen molar-refractivity contribution in [2.24, 2.45) is 0 Å². The van der Waals surface area contributed by atoms with Gasteiger partial charge in [0.05, 0.1) is 10.5 Å². The summed E-state index contributed by atoms with van der Waals surface area (Å²) in [7, 11) is -4.03. The van der Waals surface area contributed by atoms with Gasteiger partial charge in [-0.05, 0) is 35.0 Å². The Morgan fingerprint density at radius 1 is 1.50 bits per heavy atom. The second-order valence-electron chi connectivity index (χ2n) is 4.03. The molecular formula is C11H11BrFN3O2S2. The molecule has 0 radical (unpaired) electrons. The molecule has 1 unspecified atom stereocenters. The average Bonchev–Trinajstić information content (AvgIpc) is 2.86. The fourth-order valence-corrected chi connectivity index (χ4v) is 4.25. The number of hydrogen-bond donors (Lipinski definition) is 2. The average molecular weight is 380 g/mol. The van der Waals surface area contributed by atoms with E-state index in [-0.39, 0.29) is 10.2 Å². The van der Waals surface area contributed by atoms with Gasteiger partial charge in [0.25, 0.3) is 0 Å². The third-order valence-corrected chi connectivity index (χ3v) is 5.54. The molecule has 2 aromatic rings. The Kier molecular flexibility index (Phi) is 4.43. The van der Waals surface area contributed by atoms with Gasteiger partial charge in [-0.25, -0.2) is 22.5 Å². The normalized spacial score (nSPS) is 13.3. The first kappa shape index (κ1) is 15.4. The van der Waals surface area contributed by atoms with Gasteiger partial charge in [-0.15, -0.1) is 11.3 Å². The lowest BCUT2D eigenvalue weighted by Gasteiger charge is -2.13. The summed E-state index contributed by atoms with van der Waals surface area (Å²) in [5, 5.41) is 2.33. The standard InChI is InChI=1S/C11H11BrFN3O2S2/c1-6(11-15-2-3-19-11)16-20(17,18)9-5-7(14)4-8(12)10(9)13/h2-6,16H,14H2,1H3. The molecule has 0 aliphatic rings. The van der Waals surface area contributed by atoms with Crippen LogP contribution in [0.5, 0.6) is 0 Å². The van der Waals surface area contributed by atoms with E-state index in [0.717, 1.165) is 6.07 Å². The Hall–Kier alpha value is -1.03. The van der Waals surface area contributed by atoms with E-state index in [1.165, 1.54) is 17.4 Å². The molecule has 1 atom stereocenters. The van der Waals surface area contributed by atoms with E-state index in [1.807, 2.05) is 0 Å². The number of rotatable bonds is 4. The summed E-state index contributed by atoms with van der Waals surface area (Å²) in [5.41, 5.74) is 5.70. The molecule has 2 rings (SSSR count). The number of nitrogens with zero attached hydrogens (tertiary/aromatic N) is 1. The maximum absolute atomic E-state index is 13.9. The first-order chi connectivity index (χ1) is 9.31. The number of aromatic nitrogens is 1. The highest BCUT2D eigenvalue weighted by Crippen LogP contribution is 2.27. The maximum Gasteiger partial charge on any atom is 0.244 e. The van der Waals surface area contributed by atoms with Crippen molar-refractivity contribution in [1.82, 2.24) is 9.71 Å². The number of thiazole rings is 1. The van der Waals surface area contributed by atoms with Crippen molar-refractivity contribution in [3.8, 4) is 0 Å². The minimum absolute atomic E-state index is 0.000207. The van der Waals surface area contributed by atoms with Gasteiger partial charge in [0.2, 0.25) is 10.0 Å². The van der Waals surface area contributed by atoms with Crippen LogP contribution < -0.4 is 10.5 Å². The van der Waals surface area contributed by atoms with Gasteiger partial charge in [0.15, 0.2) is 5.82 Å². The van der Waals surface area contributed by atoms with Gasteiger partial charge >= 0.3 is 0 Å². The van der Waals surface area contributed by atoms with Crippen LogP contribution in [0.15, 0.2) is 33.1 Å². The zero-order valence-corrected chi connectivity index (χ0v) is 13.5. The molecule has 0 aliphatic carbocycles. The summed E-state index contributed by atoms with van der Waals surface area (Å²) in [6.07, 6.45) is 1.57. The molecule has 108 valence electrons. The molecule has 1 heterocycles. The summed E-state index contributed by atoms with van der Waals surface area (Å²) in [6.45, 7) is 1.63. The van der Waals surface area contributed by atoms with Gasteiger partial charge in [-0.2, -0.15) is 0 Å². The van der Waals surface area contributed by atoms with Gasteiger partial charge < -0.3 is 5.73 Å². The quantitative estimate of drug-likeness (QED) is 0.799. The third kappa shape index (κ3) is 3.17. The van der Waals surface area contributed by atoms with E-state index in [0.29, 0.717) is 5.01 Å². The fraction of sp³-hybridized carbons (Fsp3) is 0.182. The van der Waals surface area contributed by atoms with Crippen LogP contribution in [0.2, 0.25) is 0 Å². The van der Waals surface area contributed by atoms with Gasteiger partial charge in [-0.1, -0.05) is 0 Å². The summed E-state index contributed by atoms with van der Waals surface area (Å²) in [4.78, 5) is 3.52. The number of hydrogen-bond acceptors (Lipinski definition) is 5. The van der Waals surface area contributed by atoms with Crippen molar-refractivity contribution in [3.63, 3.8) is 0 Å². The van der Waals surface area contributed by atoms with Crippen LogP contribution in [0.3, 0.4) is 0 Å². The van der Waals surface area contributed by atoms with Gasteiger partial charge in [-0.3, -0.25) is 0 Å². The lowest BCUT2D eigenvalue weighted by atomic mass is 10.3. The van der Waals surface area contributed by atoms with E-state index in [1.54, 1.807) is 18.5 Å². The molecule has 0 saturated carbocycles. The number of nitrogens with two attached hydrogens (primary N) is 1. The van der Waals surface area contributed by atoms with Crippen molar-refractivity contribution < 1.29 is 12.8 Å². The molecule has 3 N–H and O–H groups in total. The molecule has 0 saturated heterocycles. The molecule has 0 amide bonds. The highest BCUT2D eigenvalue weighted by atomic mass is 79.9. The zero-order chi connectivity index (χ0) is 14.9. The van der Waals surface area contributed by atoms with Crippen molar-refractivity contribution in [1.29, 1.82) is 0 Å². The summed E-state index contributed by atoms with van der Waals surface area (Å²) < 4.78 is 40.7.